The highest BCUT2D eigenvalue weighted by atomic mass is 19.1. The van der Waals surface area contributed by atoms with Gasteiger partial charge in [-0.2, -0.15) is 0 Å². The van der Waals surface area contributed by atoms with Crippen molar-refractivity contribution in [2.45, 2.75) is 19.6 Å². The first-order chi connectivity index (χ1) is 16.1. The first-order valence-electron chi connectivity index (χ1n) is 10.6. The second-order valence-corrected chi connectivity index (χ2v) is 7.71. The van der Waals surface area contributed by atoms with Gasteiger partial charge in [-0.15, -0.1) is 0 Å². The molecule has 4 rings (SSSR count). The minimum Gasteiger partial charge on any atom is -0.497 e. The molecule has 33 heavy (non-hydrogen) atoms. The molecule has 0 bridgehead atoms. The molecule has 0 saturated carbocycles. The molecule has 0 aliphatic carbocycles. The molecule has 3 aromatic carbocycles. The molecule has 0 saturated heterocycles. The Balaban J connectivity index is 1.46. The second-order valence-electron chi connectivity index (χ2n) is 7.71. The molecule has 1 heterocycles. The predicted octanol–water partition coefficient (Wildman–Crippen LogP) is 5.88. The van der Waals surface area contributed by atoms with Gasteiger partial charge in [-0.25, -0.2) is 4.39 Å². The molecule has 0 fully saturated rings. The quantitative estimate of drug-likeness (QED) is 0.350. The Kier molecular flexibility index (Phi) is 7.17. The van der Waals surface area contributed by atoms with Gasteiger partial charge in [-0.3, -0.25) is 9.69 Å². The van der Waals surface area contributed by atoms with Gasteiger partial charge in [0.05, 0.1) is 13.7 Å². The number of amides is 1. The smallest absolute Gasteiger partial charge is 0.291 e. The summed E-state index contributed by atoms with van der Waals surface area (Å²) in [6.45, 7) is 1.96. The number of methoxy groups -OCH3 is 1. The Bertz CT molecular complexity index is 1170. The summed E-state index contributed by atoms with van der Waals surface area (Å²) in [5.41, 5.74) is 2.84. The number of halogens is 1. The number of anilines is 1. The van der Waals surface area contributed by atoms with Crippen molar-refractivity contribution in [1.29, 1.82) is 0 Å². The van der Waals surface area contributed by atoms with Crippen LogP contribution in [0.3, 0.4) is 0 Å². The van der Waals surface area contributed by atoms with Crippen LogP contribution in [0.25, 0.3) is 0 Å². The number of hydrogen-bond acceptors (Lipinski definition) is 4. The minimum absolute atomic E-state index is 0.207. The second kappa shape index (κ2) is 10.6. The molecule has 4 aromatic rings. The highest BCUT2D eigenvalue weighted by molar-refractivity contribution is 6.02. The summed E-state index contributed by atoms with van der Waals surface area (Å²) in [5.74, 6) is 0.972. The zero-order valence-electron chi connectivity index (χ0n) is 18.3. The van der Waals surface area contributed by atoms with Gasteiger partial charge in [0.15, 0.2) is 5.76 Å². The topological polar surface area (TPSA) is 54.7 Å². The van der Waals surface area contributed by atoms with Crippen LogP contribution in [-0.2, 0) is 19.6 Å². The molecule has 0 unspecified atom stereocenters. The van der Waals surface area contributed by atoms with Crippen molar-refractivity contribution in [3.8, 4) is 5.75 Å². The zero-order chi connectivity index (χ0) is 23.0. The monoisotopic (exact) mass is 444 g/mol. The van der Waals surface area contributed by atoms with E-state index in [1.807, 2.05) is 48.5 Å². The van der Waals surface area contributed by atoms with Gasteiger partial charge >= 0.3 is 0 Å². The molecule has 1 amide bonds. The highest BCUT2D eigenvalue weighted by Gasteiger charge is 2.15. The van der Waals surface area contributed by atoms with Crippen molar-refractivity contribution < 1.29 is 18.3 Å². The molecule has 6 heteroatoms. The normalized spacial score (nSPS) is 10.9. The van der Waals surface area contributed by atoms with E-state index in [9.17, 15) is 9.18 Å². The van der Waals surface area contributed by atoms with Gasteiger partial charge in [0.25, 0.3) is 5.91 Å². The van der Waals surface area contributed by atoms with Crippen molar-refractivity contribution in [3.05, 3.63) is 119 Å². The Labute approximate surface area is 192 Å². The molecule has 0 spiro atoms. The summed E-state index contributed by atoms with van der Waals surface area (Å²) in [6.07, 6.45) is 0. The molecule has 0 atom stereocenters. The fraction of sp³-hybridized carbons (Fsp3) is 0.148. The van der Waals surface area contributed by atoms with Crippen molar-refractivity contribution >= 4 is 11.6 Å². The lowest BCUT2D eigenvalue weighted by Crippen LogP contribution is -2.22. The molecule has 1 N–H and O–H groups in total. The number of nitrogens with zero attached hydrogens (tertiary/aromatic N) is 1. The van der Waals surface area contributed by atoms with Gasteiger partial charge < -0.3 is 14.5 Å². The molecule has 1 aromatic heterocycles. The summed E-state index contributed by atoms with van der Waals surface area (Å²) < 4.78 is 24.2. The van der Waals surface area contributed by atoms with Crippen LogP contribution in [0, 0.1) is 5.82 Å². The third kappa shape index (κ3) is 6.30. The third-order valence-electron chi connectivity index (χ3n) is 5.18. The van der Waals surface area contributed by atoms with Crippen molar-refractivity contribution in [3.63, 3.8) is 0 Å². The van der Waals surface area contributed by atoms with E-state index in [2.05, 4.69) is 22.3 Å². The maximum absolute atomic E-state index is 13.1. The van der Waals surface area contributed by atoms with E-state index in [-0.39, 0.29) is 17.5 Å². The Morgan fingerprint density at radius 1 is 0.848 bits per heavy atom. The summed E-state index contributed by atoms with van der Waals surface area (Å²) in [6, 6.07) is 27.3. The molecule has 0 aliphatic rings. The minimum atomic E-state index is -0.377. The van der Waals surface area contributed by atoms with Crippen LogP contribution in [0.1, 0.15) is 27.4 Å². The number of carbonyl (C=O) groups excluding carboxylic acids is 1. The van der Waals surface area contributed by atoms with Gasteiger partial charge in [-0.1, -0.05) is 42.5 Å². The third-order valence-corrected chi connectivity index (χ3v) is 5.18. The predicted molar refractivity (Wildman–Crippen MR) is 125 cm³/mol. The lowest BCUT2D eigenvalue weighted by atomic mass is 10.1. The molecule has 5 nitrogen and oxygen atoms in total. The lowest BCUT2D eigenvalue weighted by Gasteiger charge is -2.21. The summed E-state index contributed by atoms with van der Waals surface area (Å²) in [4.78, 5) is 14.8. The van der Waals surface area contributed by atoms with E-state index in [4.69, 9.17) is 9.15 Å². The van der Waals surface area contributed by atoms with E-state index in [0.717, 1.165) is 17.9 Å². The van der Waals surface area contributed by atoms with Crippen LogP contribution >= 0.6 is 0 Å². The van der Waals surface area contributed by atoms with Crippen LogP contribution in [0.5, 0.6) is 5.75 Å². The molecule has 168 valence electrons. The number of rotatable bonds is 9. The van der Waals surface area contributed by atoms with Crippen LogP contribution in [-0.4, -0.2) is 17.9 Å². The van der Waals surface area contributed by atoms with E-state index in [0.29, 0.717) is 24.5 Å². The number of hydrogen-bond donors (Lipinski definition) is 1. The van der Waals surface area contributed by atoms with Crippen molar-refractivity contribution in [2.75, 3.05) is 12.4 Å². The highest BCUT2D eigenvalue weighted by Crippen LogP contribution is 2.19. The van der Waals surface area contributed by atoms with E-state index in [1.165, 1.54) is 29.8 Å². The number of carbonyl (C=O) groups is 1. The van der Waals surface area contributed by atoms with Crippen LogP contribution < -0.4 is 10.1 Å². The Hall–Kier alpha value is -3.90. The van der Waals surface area contributed by atoms with Crippen LogP contribution in [0.2, 0.25) is 0 Å². The van der Waals surface area contributed by atoms with Crippen molar-refractivity contribution in [2.24, 2.45) is 0 Å². The first kappa shape index (κ1) is 22.3. The number of nitrogens with one attached hydrogen (secondary N) is 1. The van der Waals surface area contributed by atoms with Crippen LogP contribution in [0.15, 0.2) is 95.4 Å². The van der Waals surface area contributed by atoms with E-state index in [1.54, 1.807) is 13.2 Å². The molecular weight excluding hydrogens is 419 g/mol. The fourth-order valence-corrected chi connectivity index (χ4v) is 3.53. The van der Waals surface area contributed by atoms with E-state index < -0.39 is 0 Å². The fourth-order valence-electron chi connectivity index (χ4n) is 3.53. The van der Waals surface area contributed by atoms with Gasteiger partial charge in [-0.05, 0) is 59.7 Å². The largest absolute Gasteiger partial charge is 0.497 e. The SMILES string of the molecule is COc1ccc(CN(Cc2ccccc2)Cc2ccc(C(=O)Nc3ccc(F)cc3)o2)cc1. The lowest BCUT2D eigenvalue weighted by molar-refractivity contribution is 0.0992. The Morgan fingerprint density at radius 2 is 1.52 bits per heavy atom. The summed E-state index contributed by atoms with van der Waals surface area (Å²) in [7, 11) is 1.65. The van der Waals surface area contributed by atoms with Gasteiger partial charge in [0, 0.05) is 18.8 Å². The van der Waals surface area contributed by atoms with Crippen molar-refractivity contribution in [1.82, 2.24) is 4.90 Å². The van der Waals surface area contributed by atoms with E-state index >= 15 is 0 Å². The standard InChI is InChI=1S/C27H25FN2O3/c1-32-24-13-7-21(8-14-24)18-30(17-20-5-3-2-4-6-20)19-25-15-16-26(33-25)27(31)29-23-11-9-22(28)10-12-23/h2-16H,17-19H2,1H3,(H,29,31). The molecule has 0 aliphatic heterocycles. The molecular formula is C27H25FN2O3. The van der Waals surface area contributed by atoms with Gasteiger partial charge in [0.2, 0.25) is 0 Å². The maximum atomic E-state index is 13.1. The first-order valence-corrected chi connectivity index (χ1v) is 10.6. The maximum Gasteiger partial charge on any atom is 0.291 e. The van der Waals surface area contributed by atoms with Crippen LogP contribution in [0.4, 0.5) is 10.1 Å². The average molecular weight is 445 g/mol. The Morgan fingerprint density at radius 3 is 2.18 bits per heavy atom. The zero-order valence-corrected chi connectivity index (χ0v) is 18.3. The average Bonchev–Trinajstić information content (AvgIpc) is 3.30. The number of ether oxygens (including phenoxy) is 1. The summed E-state index contributed by atoms with van der Waals surface area (Å²) >= 11 is 0. The van der Waals surface area contributed by atoms with Gasteiger partial charge in [0.1, 0.15) is 17.3 Å². The number of furan rings is 1. The number of benzene rings is 3. The summed E-state index contributed by atoms with van der Waals surface area (Å²) in [5, 5.41) is 2.72. The molecule has 0 radical (unpaired) electrons.